The van der Waals surface area contributed by atoms with E-state index in [0.29, 0.717) is 6.54 Å². The van der Waals surface area contributed by atoms with Crippen molar-refractivity contribution in [1.29, 1.82) is 0 Å². The molecule has 1 amide bonds. The standard InChI is InChI=1S/C15H16N2O5S2/c1-10(14(18)17-8-11-5-3-2-4-6-11)22-15(19)12-7-13(23-9-12)24(16,20)21/h2-7,9-10H,8H2,1H3,(H,17,18)(H2,16,20,21). The summed E-state index contributed by atoms with van der Waals surface area (Å²) in [5.41, 5.74) is 0.951. The summed E-state index contributed by atoms with van der Waals surface area (Å²) in [6.07, 6.45) is -1.01. The topological polar surface area (TPSA) is 116 Å². The molecule has 0 radical (unpaired) electrons. The summed E-state index contributed by atoms with van der Waals surface area (Å²) < 4.78 is 27.3. The largest absolute Gasteiger partial charge is 0.449 e. The lowest BCUT2D eigenvalue weighted by Crippen LogP contribution is -2.35. The van der Waals surface area contributed by atoms with Crippen molar-refractivity contribution in [2.45, 2.75) is 23.8 Å². The van der Waals surface area contributed by atoms with E-state index >= 15 is 0 Å². The van der Waals surface area contributed by atoms with Crippen molar-refractivity contribution in [2.75, 3.05) is 0 Å². The summed E-state index contributed by atoms with van der Waals surface area (Å²) in [4.78, 5) is 23.9. The number of benzene rings is 1. The van der Waals surface area contributed by atoms with Gasteiger partial charge in [0.15, 0.2) is 6.10 Å². The molecule has 24 heavy (non-hydrogen) atoms. The summed E-state index contributed by atoms with van der Waals surface area (Å²) in [5, 5.41) is 8.95. The fourth-order valence-corrected chi connectivity index (χ4v) is 3.36. The number of amides is 1. The van der Waals surface area contributed by atoms with Gasteiger partial charge in [-0.3, -0.25) is 4.79 Å². The first kappa shape index (κ1) is 18.1. The number of rotatable bonds is 6. The van der Waals surface area contributed by atoms with Gasteiger partial charge in [-0.1, -0.05) is 30.3 Å². The van der Waals surface area contributed by atoms with Crippen LogP contribution in [0, 0.1) is 0 Å². The molecule has 128 valence electrons. The third-order valence-electron chi connectivity index (χ3n) is 3.05. The second-order valence-corrected chi connectivity index (χ2v) is 7.65. The molecular formula is C15H16N2O5S2. The summed E-state index contributed by atoms with van der Waals surface area (Å²) >= 11 is 0.813. The zero-order valence-corrected chi connectivity index (χ0v) is 14.4. The highest BCUT2D eigenvalue weighted by Gasteiger charge is 2.21. The van der Waals surface area contributed by atoms with Gasteiger partial charge in [0.2, 0.25) is 10.0 Å². The lowest BCUT2D eigenvalue weighted by Gasteiger charge is -2.13. The Hall–Kier alpha value is -2.23. The number of carbonyl (C=O) groups excluding carboxylic acids is 2. The van der Waals surface area contributed by atoms with Gasteiger partial charge in [0.1, 0.15) is 4.21 Å². The van der Waals surface area contributed by atoms with E-state index in [1.54, 1.807) is 0 Å². The van der Waals surface area contributed by atoms with Crippen LogP contribution >= 0.6 is 11.3 Å². The van der Waals surface area contributed by atoms with Crippen molar-refractivity contribution < 1.29 is 22.7 Å². The summed E-state index contributed by atoms with van der Waals surface area (Å²) in [7, 11) is -3.87. The smallest absolute Gasteiger partial charge is 0.339 e. The Morgan fingerprint density at radius 3 is 2.54 bits per heavy atom. The van der Waals surface area contributed by atoms with Crippen LogP contribution in [-0.4, -0.2) is 26.4 Å². The first-order chi connectivity index (χ1) is 11.3. The molecule has 0 saturated heterocycles. The van der Waals surface area contributed by atoms with E-state index in [1.165, 1.54) is 12.3 Å². The van der Waals surface area contributed by atoms with Crippen molar-refractivity contribution in [3.8, 4) is 0 Å². The summed E-state index contributed by atoms with van der Waals surface area (Å²) in [5.74, 6) is -1.24. The molecule has 2 rings (SSSR count). The van der Waals surface area contributed by atoms with Gasteiger partial charge in [-0.05, 0) is 18.6 Å². The molecule has 0 fully saturated rings. The third-order valence-corrected chi connectivity index (χ3v) is 5.44. The number of carbonyl (C=O) groups is 2. The van der Waals surface area contributed by atoms with Crippen molar-refractivity contribution in [1.82, 2.24) is 5.32 Å². The molecule has 2 aromatic rings. The Morgan fingerprint density at radius 2 is 1.96 bits per heavy atom. The summed E-state index contributed by atoms with van der Waals surface area (Å²) in [6, 6.07) is 10.4. The second kappa shape index (κ2) is 7.56. The first-order valence-corrected chi connectivity index (χ1v) is 9.34. The van der Waals surface area contributed by atoms with Crippen LogP contribution in [-0.2, 0) is 26.1 Å². The average molecular weight is 368 g/mol. The molecule has 7 nitrogen and oxygen atoms in total. The maximum absolute atomic E-state index is 11.9. The minimum absolute atomic E-state index is 0.0340. The molecule has 1 heterocycles. The van der Waals surface area contributed by atoms with Gasteiger partial charge in [0.05, 0.1) is 5.56 Å². The van der Waals surface area contributed by atoms with Crippen LogP contribution in [0.5, 0.6) is 0 Å². The minimum Gasteiger partial charge on any atom is -0.449 e. The number of hydrogen-bond donors (Lipinski definition) is 2. The highest BCUT2D eigenvalue weighted by atomic mass is 32.2. The Morgan fingerprint density at radius 1 is 1.29 bits per heavy atom. The van der Waals surface area contributed by atoms with Gasteiger partial charge >= 0.3 is 5.97 Å². The van der Waals surface area contributed by atoms with Crippen molar-refractivity contribution in [3.63, 3.8) is 0 Å². The maximum Gasteiger partial charge on any atom is 0.339 e. The molecule has 1 aromatic heterocycles. The monoisotopic (exact) mass is 368 g/mol. The number of primary sulfonamides is 1. The Kier molecular flexibility index (Phi) is 5.71. The van der Waals surface area contributed by atoms with Gasteiger partial charge in [0, 0.05) is 11.9 Å². The average Bonchev–Trinajstić information content (AvgIpc) is 3.04. The van der Waals surface area contributed by atoms with E-state index < -0.39 is 28.0 Å². The molecule has 3 N–H and O–H groups in total. The number of sulfonamides is 1. The molecule has 1 aromatic carbocycles. The number of thiophene rings is 1. The minimum atomic E-state index is -3.87. The predicted molar refractivity (Wildman–Crippen MR) is 88.9 cm³/mol. The van der Waals surface area contributed by atoms with Crippen LogP contribution in [0.2, 0.25) is 0 Å². The Bertz CT molecular complexity index is 831. The molecule has 0 aliphatic heterocycles. The zero-order chi connectivity index (χ0) is 17.7. The van der Waals surface area contributed by atoms with Gasteiger partial charge in [-0.25, -0.2) is 18.4 Å². The number of nitrogens with two attached hydrogens (primary N) is 1. The van der Waals surface area contributed by atoms with Gasteiger partial charge < -0.3 is 10.1 Å². The Labute approximate surface area is 143 Å². The fourth-order valence-electron chi connectivity index (χ4n) is 1.78. The number of nitrogens with one attached hydrogen (secondary N) is 1. The molecular weight excluding hydrogens is 352 g/mol. The SMILES string of the molecule is CC(OC(=O)c1csc(S(N)(=O)=O)c1)C(=O)NCc1ccccc1. The van der Waals surface area contributed by atoms with Crippen LogP contribution in [0.3, 0.4) is 0 Å². The Balaban J connectivity index is 1.91. The van der Waals surface area contributed by atoms with Crippen molar-refractivity contribution >= 4 is 33.2 Å². The van der Waals surface area contributed by atoms with Crippen molar-refractivity contribution in [3.05, 3.63) is 52.9 Å². The number of esters is 1. The molecule has 0 spiro atoms. The van der Waals surface area contributed by atoms with E-state index in [0.717, 1.165) is 23.0 Å². The quantitative estimate of drug-likeness (QED) is 0.745. The number of ether oxygens (including phenoxy) is 1. The van der Waals surface area contributed by atoms with E-state index in [1.807, 2.05) is 30.3 Å². The van der Waals surface area contributed by atoms with E-state index in [9.17, 15) is 18.0 Å². The molecule has 9 heteroatoms. The third kappa shape index (κ3) is 4.88. The number of hydrogen-bond acceptors (Lipinski definition) is 6. The highest BCUT2D eigenvalue weighted by molar-refractivity contribution is 7.91. The van der Waals surface area contributed by atoms with Gasteiger partial charge in [-0.2, -0.15) is 0 Å². The molecule has 0 saturated carbocycles. The zero-order valence-electron chi connectivity index (χ0n) is 12.8. The van der Waals surface area contributed by atoms with Gasteiger partial charge in [-0.15, -0.1) is 11.3 Å². The van der Waals surface area contributed by atoms with E-state index in [-0.39, 0.29) is 9.77 Å². The molecule has 1 atom stereocenters. The second-order valence-electron chi connectivity index (χ2n) is 4.95. The van der Waals surface area contributed by atoms with Crippen molar-refractivity contribution in [2.24, 2.45) is 5.14 Å². The van der Waals surface area contributed by atoms with Crippen LogP contribution in [0.4, 0.5) is 0 Å². The fraction of sp³-hybridized carbons (Fsp3) is 0.200. The molecule has 1 unspecified atom stereocenters. The first-order valence-electron chi connectivity index (χ1n) is 6.91. The predicted octanol–water partition coefficient (Wildman–Crippen LogP) is 1.26. The normalized spacial score (nSPS) is 12.4. The van der Waals surface area contributed by atoms with Crippen LogP contribution in [0.25, 0.3) is 0 Å². The maximum atomic E-state index is 11.9. The molecule has 0 aliphatic rings. The molecule has 0 aliphatic carbocycles. The lowest BCUT2D eigenvalue weighted by molar-refractivity contribution is -0.129. The van der Waals surface area contributed by atoms with E-state index in [4.69, 9.17) is 9.88 Å². The van der Waals surface area contributed by atoms with Crippen LogP contribution in [0.1, 0.15) is 22.8 Å². The van der Waals surface area contributed by atoms with Gasteiger partial charge in [0.25, 0.3) is 5.91 Å². The summed E-state index contributed by atoms with van der Waals surface area (Å²) in [6.45, 7) is 1.75. The lowest BCUT2D eigenvalue weighted by atomic mass is 10.2. The van der Waals surface area contributed by atoms with E-state index in [2.05, 4.69) is 5.32 Å². The van der Waals surface area contributed by atoms with Crippen LogP contribution in [0.15, 0.2) is 46.0 Å². The highest BCUT2D eigenvalue weighted by Crippen LogP contribution is 2.19. The van der Waals surface area contributed by atoms with Crippen LogP contribution < -0.4 is 10.5 Å². The molecule has 0 bridgehead atoms.